The number of benzene rings is 2. The summed E-state index contributed by atoms with van der Waals surface area (Å²) in [5.41, 5.74) is 4.50. The third-order valence-corrected chi connectivity index (χ3v) is 3.79. The lowest BCUT2D eigenvalue weighted by molar-refractivity contribution is 0.0697. The maximum atomic E-state index is 11.1. The summed E-state index contributed by atoms with van der Waals surface area (Å²) in [5, 5.41) is 13.8. The molecule has 2 N–H and O–H groups in total. The second-order valence-electron chi connectivity index (χ2n) is 4.25. The molecule has 0 saturated heterocycles. The van der Waals surface area contributed by atoms with Crippen LogP contribution in [0.4, 0.5) is 5.13 Å². The highest BCUT2D eigenvalue weighted by Crippen LogP contribution is 2.25. The minimum absolute atomic E-state index is 0.215. The van der Waals surface area contributed by atoms with E-state index in [0.29, 0.717) is 10.7 Å². The quantitative estimate of drug-likeness (QED) is 0.571. The number of thiazole rings is 1. The van der Waals surface area contributed by atoms with Crippen LogP contribution in [0.2, 0.25) is 0 Å². The number of anilines is 1. The second kappa shape index (κ2) is 5.72. The molecule has 0 aliphatic rings. The smallest absolute Gasteiger partial charge is 0.336 e. The van der Waals surface area contributed by atoms with Gasteiger partial charge in [0.05, 0.1) is 22.0 Å². The van der Waals surface area contributed by atoms with Crippen LogP contribution in [0.1, 0.15) is 15.9 Å². The van der Waals surface area contributed by atoms with Crippen molar-refractivity contribution in [2.75, 3.05) is 5.43 Å². The molecule has 0 fully saturated rings. The first-order valence-electron chi connectivity index (χ1n) is 6.21. The van der Waals surface area contributed by atoms with Gasteiger partial charge in [0.2, 0.25) is 5.13 Å². The molecule has 2 aromatic carbocycles. The van der Waals surface area contributed by atoms with Gasteiger partial charge in [-0.3, -0.25) is 5.43 Å². The molecule has 5 nitrogen and oxygen atoms in total. The summed E-state index contributed by atoms with van der Waals surface area (Å²) in [6, 6.07) is 14.5. The highest BCUT2D eigenvalue weighted by atomic mass is 32.1. The van der Waals surface area contributed by atoms with Gasteiger partial charge >= 0.3 is 5.97 Å². The Morgan fingerprint density at radius 3 is 2.76 bits per heavy atom. The SMILES string of the molecule is O=C(O)c1ccccc1/C=N\Nc1nc2ccccc2s1. The molecule has 0 radical (unpaired) electrons. The summed E-state index contributed by atoms with van der Waals surface area (Å²) in [7, 11) is 0. The highest BCUT2D eigenvalue weighted by Gasteiger charge is 2.06. The summed E-state index contributed by atoms with van der Waals surface area (Å²) >= 11 is 1.49. The molecule has 21 heavy (non-hydrogen) atoms. The maximum Gasteiger partial charge on any atom is 0.336 e. The summed E-state index contributed by atoms with van der Waals surface area (Å²) in [6.07, 6.45) is 1.48. The van der Waals surface area contributed by atoms with Crippen molar-refractivity contribution < 1.29 is 9.90 Å². The van der Waals surface area contributed by atoms with Gasteiger partial charge in [0.15, 0.2) is 0 Å². The maximum absolute atomic E-state index is 11.1. The van der Waals surface area contributed by atoms with E-state index in [1.54, 1.807) is 24.3 Å². The average Bonchev–Trinajstić information content (AvgIpc) is 2.90. The van der Waals surface area contributed by atoms with Crippen LogP contribution in [0.25, 0.3) is 10.2 Å². The Morgan fingerprint density at radius 1 is 1.19 bits per heavy atom. The van der Waals surface area contributed by atoms with E-state index >= 15 is 0 Å². The molecular formula is C15H11N3O2S. The summed E-state index contributed by atoms with van der Waals surface area (Å²) < 4.78 is 1.07. The molecule has 0 unspecified atom stereocenters. The molecule has 1 heterocycles. The molecule has 1 aromatic heterocycles. The van der Waals surface area contributed by atoms with Crippen LogP contribution in [-0.4, -0.2) is 22.3 Å². The Kier molecular flexibility index (Phi) is 3.61. The van der Waals surface area contributed by atoms with Crippen LogP contribution in [-0.2, 0) is 0 Å². The van der Waals surface area contributed by atoms with Gasteiger partial charge < -0.3 is 5.11 Å². The van der Waals surface area contributed by atoms with E-state index in [1.165, 1.54) is 17.6 Å². The van der Waals surface area contributed by atoms with Crippen molar-refractivity contribution in [3.63, 3.8) is 0 Å². The van der Waals surface area contributed by atoms with Crippen molar-refractivity contribution in [3.8, 4) is 0 Å². The van der Waals surface area contributed by atoms with Gasteiger partial charge in [-0.1, -0.05) is 41.7 Å². The van der Waals surface area contributed by atoms with E-state index in [1.807, 2.05) is 24.3 Å². The first kappa shape index (κ1) is 13.3. The number of hydrogen-bond donors (Lipinski definition) is 2. The Bertz CT molecular complexity index is 793. The zero-order valence-corrected chi connectivity index (χ0v) is 11.7. The van der Waals surface area contributed by atoms with Gasteiger partial charge in [0, 0.05) is 5.56 Å². The zero-order chi connectivity index (χ0) is 14.7. The van der Waals surface area contributed by atoms with Gasteiger partial charge in [0.1, 0.15) is 0 Å². The van der Waals surface area contributed by atoms with Crippen molar-refractivity contribution in [1.82, 2.24) is 4.98 Å². The number of carbonyl (C=O) groups is 1. The number of rotatable bonds is 4. The number of para-hydroxylation sites is 1. The molecule has 0 aliphatic heterocycles. The number of aromatic nitrogens is 1. The molecule has 0 aliphatic carbocycles. The first-order valence-corrected chi connectivity index (χ1v) is 7.02. The van der Waals surface area contributed by atoms with E-state index in [9.17, 15) is 4.79 Å². The van der Waals surface area contributed by atoms with Gasteiger partial charge in [-0.25, -0.2) is 9.78 Å². The lowest BCUT2D eigenvalue weighted by Gasteiger charge is -1.99. The fourth-order valence-electron chi connectivity index (χ4n) is 1.88. The van der Waals surface area contributed by atoms with Crippen LogP contribution in [0.15, 0.2) is 53.6 Å². The molecule has 0 bridgehead atoms. The largest absolute Gasteiger partial charge is 0.478 e. The van der Waals surface area contributed by atoms with Crippen LogP contribution in [0.5, 0.6) is 0 Å². The molecule has 0 amide bonds. The summed E-state index contributed by atoms with van der Waals surface area (Å²) in [5.74, 6) is -0.975. The van der Waals surface area contributed by atoms with Crippen molar-refractivity contribution in [1.29, 1.82) is 0 Å². The molecular weight excluding hydrogens is 286 g/mol. The van der Waals surface area contributed by atoms with Gasteiger partial charge in [-0.2, -0.15) is 5.10 Å². The lowest BCUT2D eigenvalue weighted by atomic mass is 10.1. The van der Waals surface area contributed by atoms with Gasteiger partial charge in [-0.15, -0.1) is 0 Å². The normalized spacial score (nSPS) is 11.0. The topological polar surface area (TPSA) is 74.6 Å². The average molecular weight is 297 g/mol. The van der Waals surface area contributed by atoms with E-state index < -0.39 is 5.97 Å². The van der Waals surface area contributed by atoms with Crippen LogP contribution < -0.4 is 5.43 Å². The third kappa shape index (κ3) is 2.90. The van der Waals surface area contributed by atoms with Crippen molar-refractivity contribution in [2.45, 2.75) is 0 Å². The molecule has 0 spiro atoms. The monoisotopic (exact) mass is 297 g/mol. The van der Waals surface area contributed by atoms with Crippen LogP contribution >= 0.6 is 11.3 Å². The van der Waals surface area contributed by atoms with Crippen molar-refractivity contribution >= 4 is 38.9 Å². The minimum Gasteiger partial charge on any atom is -0.478 e. The van der Waals surface area contributed by atoms with Crippen LogP contribution in [0, 0.1) is 0 Å². The Morgan fingerprint density at radius 2 is 1.95 bits per heavy atom. The number of nitrogens with one attached hydrogen (secondary N) is 1. The number of nitrogens with zero attached hydrogens (tertiary/aromatic N) is 2. The number of carboxylic acids is 1. The highest BCUT2D eigenvalue weighted by molar-refractivity contribution is 7.22. The fourth-order valence-corrected chi connectivity index (χ4v) is 2.70. The third-order valence-electron chi connectivity index (χ3n) is 2.85. The number of carboxylic acid groups (broad SMARTS) is 1. The van der Waals surface area contributed by atoms with Crippen LogP contribution in [0.3, 0.4) is 0 Å². The Labute approximate surface area is 124 Å². The van der Waals surface area contributed by atoms with Crippen molar-refractivity contribution in [2.24, 2.45) is 5.10 Å². The van der Waals surface area contributed by atoms with E-state index in [2.05, 4.69) is 15.5 Å². The van der Waals surface area contributed by atoms with E-state index in [-0.39, 0.29) is 5.56 Å². The first-order chi connectivity index (χ1) is 10.2. The lowest BCUT2D eigenvalue weighted by Crippen LogP contribution is -2.02. The number of hydrazone groups is 1. The van der Waals surface area contributed by atoms with E-state index in [0.717, 1.165) is 10.2 Å². The molecule has 104 valence electrons. The minimum atomic E-state index is -0.975. The molecule has 3 aromatic rings. The summed E-state index contributed by atoms with van der Waals surface area (Å²) in [6.45, 7) is 0. The predicted octanol–water partition coefficient (Wildman–Crippen LogP) is 3.44. The molecule has 3 rings (SSSR count). The fraction of sp³-hybridized carbons (Fsp3) is 0. The number of aromatic carboxylic acids is 1. The Hall–Kier alpha value is -2.73. The van der Waals surface area contributed by atoms with E-state index in [4.69, 9.17) is 5.11 Å². The Balaban J connectivity index is 1.79. The number of fused-ring (bicyclic) bond motifs is 1. The molecule has 0 atom stereocenters. The second-order valence-corrected chi connectivity index (χ2v) is 5.28. The molecule has 0 saturated carbocycles. The van der Waals surface area contributed by atoms with Crippen molar-refractivity contribution in [3.05, 3.63) is 59.7 Å². The van der Waals surface area contributed by atoms with Gasteiger partial charge in [0.25, 0.3) is 0 Å². The standard InChI is InChI=1S/C15H11N3O2S/c19-14(20)11-6-2-1-5-10(11)9-16-18-15-17-12-7-3-4-8-13(12)21-15/h1-9H,(H,17,18)(H,19,20)/b16-9-. The molecule has 6 heteroatoms. The van der Waals surface area contributed by atoms with Gasteiger partial charge in [-0.05, 0) is 18.2 Å². The number of hydrogen-bond acceptors (Lipinski definition) is 5. The zero-order valence-electron chi connectivity index (χ0n) is 10.9. The predicted molar refractivity (Wildman–Crippen MR) is 84.2 cm³/mol. The summed E-state index contributed by atoms with van der Waals surface area (Å²) in [4.78, 5) is 15.5.